The van der Waals surface area contributed by atoms with E-state index in [9.17, 15) is 0 Å². The molecule has 0 saturated carbocycles. The largest absolute Gasteiger partial charge is 0.377 e. The van der Waals surface area contributed by atoms with Crippen LogP contribution < -0.4 is 5.32 Å². The summed E-state index contributed by atoms with van der Waals surface area (Å²) in [6.45, 7) is 9.13. The molecule has 5 unspecified atom stereocenters. The first-order chi connectivity index (χ1) is 7.65. The molecule has 5 atom stereocenters. The summed E-state index contributed by atoms with van der Waals surface area (Å²) in [5.74, 6) is 0.728. The van der Waals surface area contributed by atoms with Crippen LogP contribution in [0.2, 0.25) is 0 Å². The van der Waals surface area contributed by atoms with E-state index in [1.807, 2.05) is 0 Å². The third kappa shape index (κ3) is 2.13. The van der Waals surface area contributed by atoms with Gasteiger partial charge in [-0.3, -0.25) is 4.90 Å². The fourth-order valence-corrected chi connectivity index (χ4v) is 3.42. The SMILES string of the molecule is CNC1CCN(C2CCOC2C)C(C)C1C. The molecule has 2 saturated heterocycles. The number of piperidine rings is 1. The Morgan fingerprint density at radius 1 is 1.19 bits per heavy atom. The third-order valence-electron chi connectivity index (χ3n) is 4.75. The van der Waals surface area contributed by atoms with Gasteiger partial charge < -0.3 is 10.1 Å². The maximum atomic E-state index is 5.70. The van der Waals surface area contributed by atoms with Crippen molar-refractivity contribution in [2.45, 2.75) is 57.8 Å². The Bertz CT molecular complexity index is 234. The van der Waals surface area contributed by atoms with Gasteiger partial charge in [-0.1, -0.05) is 6.92 Å². The van der Waals surface area contributed by atoms with Crippen molar-refractivity contribution in [2.24, 2.45) is 5.92 Å². The predicted molar refractivity (Wildman–Crippen MR) is 66.6 cm³/mol. The molecular formula is C13H26N2O. The summed E-state index contributed by atoms with van der Waals surface area (Å²) >= 11 is 0. The van der Waals surface area contributed by atoms with E-state index in [0.29, 0.717) is 24.2 Å². The van der Waals surface area contributed by atoms with E-state index in [2.05, 4.69) is 38.0 Å². The van der Waals surface area contributed by atoms with Crippen LogP contribution in [-0.4, -0.2) is 49.3 Å². The summed E-state index contributed by atoms with van der Waals surface area (Å²) in [6.07, 6.45) is 2.90. The van der Waals surface area contributed by atoms with Gasteiger partial charge in [-0.2, -0.15) is 0 Å². The van der Waals surface area contributed by atoms with Gasteiger partial charge in [-0.15, -0.1) is 0 Å². The first-order valence-corrected chi connectivity index (χ1v) is 6.69. The Hall–Kier alpha value is -0.120. The van der Waals surface area contributed by atoms with Crippen molar-refractivity contribution >= 4 is 0 Å². The topological polar surface area (TPSA) is 24.5 Å². The number of nitrogens with zero attached hydrogens (tertiary/aromatic N) is 1. The van der Waals surface area contributed by atoms with Crippen LogP contribution in [0.5, 0.6) is 0 Å². The predicted octanol–water partition coefficient (Wildman–Crippen LogP) is 1.48. The van der Waals surface area contributed by atoms with E-state index in [4.69, 9.17) is 4.74 Å². The van der Waals surface area contributed by atoms with E-state index in [1.54, 1.807) is 0 Å². The minimum absolute atomic E-state index is 0.417. The van der Waals surface area contributed by atoms with Gasteiger partial charge in [0.25, 0.3) is 0 Å². The van der Waals surface area contributed by atoms with Crippen molar-refractivity contribution in [1.82, 2.24) is 10.2 Å². The normalized spacial score (nSPS) is 46.1. The van der Waals surface area contributed by atoms with Crippen LogP contribution in [0.4, 0.5) is 0 Å². The lowest BCUT2D eigenvalue weighted by Crippen LogP contribution is -2.57. The molecule has 16 heavy (non-hydrogen) atoms. The Balaban J connectivity index is 2.01. The maximum absolute atomic E-state index is 5.70. The molecule has 0 aromatic carbocycles. The van der Waals surface area contributed by atoms with Gasteiger partial charge in [0.2, 0.25) is 0 Å². The second-order valence-electron chi connectivity index (χ2n) is 5.45. The number of ether oxygens (including phenoxy) is 1. The van der Waals surface area contributed by atoms with E-state index in [-0.39, 0.29) is 0 Å². The zero-order valence-corrected chi connectivity index (χ0v) is 11.1. The van der Waals surface area contributed by atoms with E-state index in [0.717, 1.165) is 12.5 Å². The Morgan fingerprint density at radius 2 is 1.94 bits per heavy atom. The van der Waals surface area contributed by atoms with E-state index < -0.39 is 0 Å². The molecule has 0 bridgehead atoms. The monoisotopic (exact) mass is 226 g/mol. The molecule has 2 rings (SSSR count). The smallest absolute Gasteiger partial charge is 0.0703 e. The highest BCUT2D eigenvalue weighted by Gasteiger charge is 2.38. The summed E-state index contributed by atoms with van der Waals surface area (Å²) in [7, 11) is 2.09. The Morgan fingerprint density at radius 3 is 2.50 bits per heavy atom. The van der Waals surface area contributed by atoms with E-state index in [1.165, 1.54) is 19.4 Å². The molecule has 94 valence electrons. The maximum Gasteiger partial charge on any atom is 0.0703 e. The van der Waals surface area contributed by atoms with Gasteiger partial charge >= 0.3 is 0 Å². The Labute approximate surface area is 99.5 Å². The Kier molecular flexibility index (Phi) is 3.88. The number of hydrogen-bond donors (Lipinski definition) is 1. The van der Waals surface area contributed by atoms with Gasteiger partial charge in [0, 0.05) is 31.3 Å². The van der Waals surface area contributed by atoms with Crippen molar-refractivity contribution in [3.05, 3.63) is 0 Å². The minimum atomic E-state index is 0.417. The lowest BCUT2D eigenvalue weighted by atomic mass is 9.85. The first-order valence-electron chi connectivity index (χ1n) is 6.69. The molecule has 0 aromatic rings. The molecule has 0 amide bonds. The second-order valence-corrected chi connectivity index (χ2v) is 5.45. The second kappa shape index (κ2) is 5.03. The van der Waals surface area contributed by atoms with Crippen LogP contribution in [-0.2, 0) is 4.74 Å². The van der Waals surface area contributed by atoms with E-state index >= 15 is 0 Å². The molecule has 2 aliphatic rings. The van der Waals surface area contributed by atoms with Crippen molar-refractivity contribution in [3.63, 3.8) is 0 Å². The van der Waals surface area contributed by atoms with Crippen LogP contribution in [0.1, 0.15) is 33.6 Å². The highest BCUT2D eigenvalue weighted by molar-refractivity contribution is 4.93. The average molecular weight is 226 g/mol. The zero-order chi connectivity index (χ0) is 11.7. The highest BCUT2D eigenvalue weighted by atomic mass is 16.5. The first kappa shape index (κ1) is 12.3. The van der Waals surface area contributed by atoms with Crippen LogP contribution in [0, 0.1) is 5.92 Å². The molecule has 0 spiro atoms. The lowest BCUT2D eigenvalue weighted by molar-refractivity contribution is 0.0132. The van der Waals surface area contributed by atoms with Gasteiger partial charge in [-0.25, -0.2) is 0 Å². The lowest BCUT2D eigenvalue weighted by Gasteiger charge is -2.46. The van der Waals surface area contributed by atoms with Crippen molar-refractivity contribution < 1.29 is 4.74 Å². The molecule has 0 aliphatic carbocycles. The number of nitrogens with one attached hydrogen (secondary N) is 1. The van der Waals surface area contributed by atoms with Crippen molar-refractivity contribution in [3.8, 4) is 0 Å². The third-order valence-corrected chi connectivity index (χ3v) is 4.75. The minimum Gasteiger partial charge on any atom is -0.377 e. The molecule has 0 radical (unpaired) electrons. The van der Waals surface area contributed by atoms with Crippen LogP contribution in [0.25, 0.3) is 0 Å². The molecule has 1 N–H and O–H groups in total. The molecule has 3 heteroatoms. The number of hydrogen-bond acceptors (Lipinski definition) is 3. The van der Waals surface area contributed by atoms with Crippen molar-refractivity contribution in [1.29, 1.82) is 0 Å². The fraction of sp³-hybridized carbons (Fsp3) is 1.00. The molecule has 2 heterocycles. The summed E-state index contributed by atoms with van der Waals surface area (Å²) in [5.41, 5.74) is 0. The summed E-state index contributed by atoms with van der Waals surface area (Å²) < 4.78 is 5.70. The highest BCUT2D eigenvalue weighted by Crippen LogP contribution is 2.30. The van der Waals surface area contributed by atoms with Crippen molar-refractivity contribution in [2.75, 3.05) is 20.2 Å². The van der Waals surface area contributed by atoms with Gasteiger partial charge in [-0.05, 0) is 39.7 Å². The molecular weight excluding hydrogens is 200 g/mol. The number of rotatable bonds is 2. The van der Waals surface area contributed by atoms with Crippen LogP contribution in [0.3, 0.4) is 0 Å². The van der Waals surface area contributed by atoms with Crippen LogP contribution in [0.15, 0.2) is 0 Å². The molecule has 3 nitrogen and oxygen atoms in total. The standard InChI is InChI=1S/C13H26N2O/c1-9-10(2)15(7-5-12(9)14-4)13-6-8-16-11(13)3/h9-14H,5-8H2,1-4H3. The van der Waals surface area contributed by atoms with Gasteiger partial charge in [0.05, 0.1) is 6.10 Å². The fourth-order valence-electron chi connectivity index (χ4n) is 3.42. The summed E-state index contributed by atoms with van der Waals surface area (Å²) in [6, 6.07) is 2.00. The molecule has 2 fully saturated rings. The van der Waals surface area contributed by atoms with Gasteiger partial charge in [0.1, 0.15) is 0 Å². The molecule has 2 aliphatic heterocycles. The quantitative estimate of drug-likeness (QED) is 0.772. The van der Waals surface area contributed by atoms with Crippen LogP contribution >= 0.6 is 0 Å². The zero-order valence-electron chi connectivity index (χ0n) is 11.1. The summed E-state index contributed by atoms with van der Waals surface area (Å²) in [5, 5.41) is 3.45. The van der Waals surface area contributed by atoms with Gasteiger partial charge in [0.15, 0.2) is 0 Å². The summed E-state index contributed by atoms with van der Waals surface area (Å²) in [4.78, 5) is 2.68. The molecule has 0 aromatic heterocycles. The average Bonchev–Trinajstić information content (AvgIpc) is 2.69. The number of likely N-dealkylation sites (tertiary alicyclic amines) is 1.